The molecular weight excluding hydrogens is 374 g/mol. The largest absolute Gasteiger partial charge is 0.344 e. The van der Waals surface area contributed by atoms with Gasteiger partial charge in [0.15, 0.2) is 5.16 Å². The average molecular weight is 394 g/mol. The lowest BCUT2D eigenvalue weighted by Gasteiger charge is -2.17. The molecular formula is C21H19N3OS2. The van der Waals surface area contributed by atoms with E-state index in [1.807, 2.05) is 53.9 Å². The zero-order valence-corrected chi connectivity index (χ0v) is 16.4. The maximum atomic E-state index is 12.6. The molecule has 0 unspecified atom stereocenters. The summed E-state index contributed by atoms with van der Waals surface area (Å²) in [5, 5.41) is 5.95. The van der Waals surface area contributed by atoms with Crippen molar-refractivity contribution in [3.8, 4) is 0 Å². The van der Waals surface area contributed by atoms with Crippen molar-refractivity contribution in [2.75, 3.05) is 5.75 Å². The van der Waals surface area contributed by atoms with Gasteiger partial charge in [-0.15, -0.1) is 11.3 Å². The Balaban J connectivity index is 1.45. The summed E-state index contributed by atoms with van der Waals surface area (Å²) in [6.07, 6.45) is 0. The van der Waals surface area contributed by atoms with E-state index in [1.54, 1.807) is 11.3 Å². The SMILES string of the molecule is Cc1ccc2nc(SCC(=O)N[C@H](c3ccccc3)c3cccs3)[nH]c2c1. The zero-order chi connectivity index (χ0) is 18.6. The van der Waals surface area contributed by atoms with Crippen LogP contribution < -0.4 is 5.32 Å². The lowest BCUT2D eigenvalue weighted by atomic mass is 10.1. The van der Waals surface area contributed by atoms with E-state index in [4.69, 9.17) is 0 Å². The van der Waals surface area contributed by atoms with Gasteiger partial charge in [0.1, 0.15) is 0 Å². The highest BCUT2D eigenvalue weighted by Gasteiger charge is 2.18. The highest BCUT2D eigenvalue weighted by atomic mass is 32.2. The normalized spacial score (nSPS) is 12.2. The fourth-order valence-corrected chi connectivity index (χ4v) is 4.42. The number of H-pyrrole nitrogens is 1. The minimum absolute atomic E-state index is 0.0149. The minimum Gasteiger partial charge on any atom is -0.344 e. The lowest BCUT2D eigenvalue weighted by Crippen LogP contribution is -2.30. The third kappa shape index (κ3) is 4.23. The molecule has 0 radical (unpaired) electrons. The number of benzene rings is 2. The molecule has 136 valence electrons. The molecule has 0 aliphatic heterocycles. The van der Waals surface area contributed by atoms with Crippen LogP contribution in [0.1, 0.15) is 22.0 Å². The van der Waals surface area contributed by atoms with Gasteiger partial charge in [-0.25, -0.2) is 4.98 Å². The molecule has 2 aromatic heterocycles. The van der Waals surface area contributed by atoms with Crippen molar-refractivity contribution in [1.29, 1.82) is 0 Å². The second-order valence-corrected chi connectivity index (χ2v) is 8.22. The summed E-state index contributed by atoms with van der Waals surface area (Å²) in [4.78, 5) is 21.5. The number of carbonyl (C=O) groups is 1. The Hall–Kier alpha value is -2.57. The quantitative estimate of drug-likeness (QED) is 0.457. The highest BCUT2D eigenvalue weighted by molar-refractivity contribution is 7.99. The molecule has 27 heavy (non-hydrogen) atoms. The van der Waals surface area contributed by atoms with Crippen LogP contribution in [0.15, 0.2) is 71.2 Å². The Labute approximate surface area is 166 Å². The maximum Gasteiger partial charge on any atom is 0.231 e. The number of hydrogen-bond acceptors (Lipinski definition) is 4. The summed E-state index contributed by atoms with van der Waals surface area (Å²) >= 11 is 3.07. The molecule has 0 aliphatic rings. The van der Waals surface area contributed by atoms with Crippen LogP contribution in [0.4, 0.5) is 0 Å². The second kappa shape index (κ2) is 7.98. The van der Waals surface area contributed by atoms with Crippen molar-refractivity contribution in [2.45, 2.75) is 18.1 Å². The fourth-order valence-electron chi connectivity index (χ4n) is 2.92. The number of nitrogens with zero attached hydrogens (tertiary/aromatic N) is 1. The Kier molecular flexibility index (Phi) is 5.27. The molecule has 2 heterocycles. The van der Waals surface area contributed by atoms with Crippen LogP contribution in [0.3, 0.4) is 0 Å². The molecule has 4 aromatic rings. The van der Waals surface area contributed by atoms with E-state index in [2.05, 4.69) is 34.3 Å². The van der Waals surface area contributed by atoms with E-state index in [9.17, 15) is 4.79 Å². The molecule has 0 fully saturated rings. The highest BCUT2D eigenvalue weighted by Crippen LogP contribution is 2.26. The summed E-state index contributed by atoms with van der Waals surface area (Å²) in [5.41, 5.74) is 4.18. The van der Waals surface area contributed by atoms with Gasteiger partial charge in [0.2, 0.25) is 5.91 Å². The topological polar surface area (TPSA) is 57.8 Å². The number of thioether (sulfide) groups is 1. The first-order valence-electron chi connectivity index (χ1n) is 8.66. The molecule has 0 aliphatic carbocycles. The molecule has 2 N–H and O–H groups in total. The molecule has 1 atom stereocenters. The van der Waals surface area contributed by atoms with Crippen LogP contribution >= 0.6 is 23.1 Å². The molecule has 1 amide bonds. The van der Waals surface area contributed by atoms with E-state index >= 15 is 0 Å². The van der Waals surface area contributed by atoms with Gasteiger partial charge in [-0.1, -0.05) is 54.2 Å². The van der Waals surface area contributed by atoms with Gasteiger partial charge in [0, 0.05) is 4.88 Å². The Morgan fingerprint density at radius 1 is 1.19 bits per heavy atom. The molecule has 0 saturated carbocycles. The molecule has 0 spiro atoms. The Bertz CT molecular complexity index is 1040. The van der Waals surface area contributed by atoms with Gasteiger partial charge in [0.05, 0.1) is 22.8 Å². The summed E-state index contributed by atoms with van der Waals surface area (Å²) in [6.45, 7) is 2.05. The van der Waals surface area contributed by atoms with Gasteiger partial charge < -0.3 is 10.3 Å². The third-order valence-corrected chi connectivity index (χ3v) is 6.03. The van der Waals surface area contributed by atoms with Gasteiger partial charge in [-0.2, -0.15) is 0 Å². The summed E-state index contributed by atoms with van der Waals surface area (Å²) in [5.74, 6) is 0.298. The number of nitrogens with one attached hydrogen (secondary N) is 2. The van der Waals surface area contributed by atoms with Crippen LogP contribution in [0.25, 0.3) is 11.0 Å². The molecule has 6 heteroatoms. The van der Waals surface area contributed by atoms with E-state index in [0.717, 1.165) is 26.6 Å². The summed E-state index contributed by atoms with van der Waals surface area (Å²) < 4.78 is 0. The van der Waals surface area contributed by atoms with E-state index < -0.39 is 0 Å². The van der Waals surface area contributed by atoms with E-state index in [0.29, 0.717) is 5.75 Å². The van der Waals surface area contributed by atoms with Gasteiger partial charge >= 0.3 is 0 Å². The zero-order valence-electron chi connectivity index (χ0n) is 14.8. The van der Waals surface area contributed by atoms with Crippen molar-refractivity contribution < 1.29 is 4.79 Å². The van der Waals surface area contributed by atoms with Crippen molar-refractivity contribution in [3.63, 3.8) is 0 Å². The van der Waals surface area contributed by atoms with Crippen LogP contribution in [-0.4, -0.2) is 21.6 Å². The molecule has 4 nitrogen and oxygen atoms in total. The number of thiophene rings is 1. The van der Waals surface area contributed by atoms with Gasteiger partial charge in [0.25, 0.3) is 0 Å². The van der Waals surface area contributed by atoms with Gasteiger partial charge in [-0.3, -0.25) is 4.79 Å². The van der Waals surface area contributed by atoms with Crippen molar-refractivity contribution in [3.05, 3.63) is 82.0 Å². The number of imidazole rings is 1. The number of aromatic nitrogens is 2. The Morgan fingerprint density at radius 2 is 2.04 bits per heavy atom. The molecule has 2 aromatic carbocycles. The Morgan fingerprint density at radius 3 is 2.81 bits per heavy atom. The number of amides is 1. The molecule has 4 rings (SSSR count). The van der Waals surface area contributed by atoms with Crippen LogP contribution in [0, 0.1) is 6.92 Å². The monoisotopic (exact) mass is 393 g/mol. The van der Waals surface area contributed by atoms with Crippen molar-refractivity contribution in [1.82, 2.24) is 15.3 Å². The van der Waals surface area contributed by atoms with Crippen LogP contribution in [0.5, 0.6) is 0 Å². The summed E-state index contributed by atoms with van der Waals surface area (Å²) in [7, 11) is 0. The number of aryl methyl sites for hydroxylation is 1. The minimum atomic E-state index is -0.127. The molecule has 0 bridgehead atoms. The lowest BCUT2D eigenvalue weighted by molar-refractivity contribution is -0.119. The number of aromatic amines is 1. The first kappa shape index (κ1) is 17.8. The number of hydrogen-bond donors (Lipinski definition) is 2. The second-order valence-electron chi connectivity index (χ2n) is 6.28. The van der Waals surface area contributed by atoms with Gasteiger partial charge in [-0.05, 0) is 41.6 Å². The first-order chi connectivity index (χ1) is 13.2. The predicted molar refractivity (Wildman–Crippen MR) is 112 cm³/mol. The maximum absolute atomic E-state index is 12.6. The standard InChI is InChI=1S/C21H19N3OS2/c1-14-9-10-16-17(12-14)23-21(22-16)27-13-19(25)24-20(18-8-5-11-26-18)15-6-3-2-4-7-15/h2-12,20H,13H2,1H3,(H,22,23)(H,24,25)/t20-/m1/s1. The first-order valence-corrected chi connectivity index (χ1v) is 10.5. The summed E-state index contributed by atoms with van der Waals surface area (Å²) in [6, 6.07) is 20.1. The molecule has 0 saturated heterocycles. The van der Waals surface area contributed by atoms with Crippen LogP contribution in [-0.2, 0) is 4.79 Å². The average Bonchev–Trinajstić information content (AvgIpc) is 3.34. The smallest absolute Gasteiger partial charge is 0.231 e. The van der Waals surface area contributed by atoms with E-state index in [-0.39, 0.29) is 11.9 Å². The van der Waals surface area contributed by atoms with Crippen LogP contribution in [0.2, 0.25) is 0 Å². The predicted octanol–water partition coefficient (Wildman–Crippen LogP) is 4.93. The fraction of sp³-hybridized carbons (Fsp3) is 0.143. The number of fused-ring (bicyclic) bond motifs is 1. The number of carbonyl (C=O) groups excluding carboxylic acids is 1. The number of rotatable bonds is 6. The van der Waals surface area contributed by atoms with E-state index in [1.165, 1.54) is 17.3 Å². The third-order valence-electron chi connectivity index (χ3n) is 4.22. The van der Waals surface area contributed by atoms with Crippen molar-refractivity contribution >= 4 is 40.0 Å². The van der Waals surface area contributed by atoms with Crippen molar-refractivity contribution in [2.24, 2.45) is 0 Å².